The van der Waals surface area contributed by atoms with Crippen molar-refractivity contribution in [1.29, 1.82) is 0 Å². The first kappa shape index (κ1) is 12.2. The summed E-state index contributed by atoms with van der Waals surface area (Å²) in [5.74, 6) is 0. The first-order valence-electron chi connectivity index (χ1n) is 7.21. The second kappa shape index (κ2) is 4.20. The van der Waals surface area contributed by atoms with Gasteiger partial charge in [-0.05, 0) is 48.7 Å². The van der Waals surface area contributed by atoms with Crippen molar-refractivity contribution in [3.63, 3.8) is 0 Å². The van der Waals surface area contributed by atoms with Crippen molar-refractivity contribution in [2.75, 3.05) is 24.5 Å². The molecule has 5 heteroatoms. The number of rotatable bonds is 0. The first-order valence-corrected chi connectivity index (χ1v) is 7.21. The molecule has 3 aliphatic heterocycles. The van der Waals surface area contributed by atoms with E-state index in [1.54, 1.807) is 4.90 Å². The van der Waals surface area contributed by atoms with Gasteiger partial charge in [0.1, 0.15) is 0 Å². The standard InChI is InChI=1S/C15H19N3O2/c16-14(19)18-9-15(1-3-17-4-2-15)12-5-10-7-20-8-11(10)6-13(12)18/h5-6,17H,1-4,7-9H2,(H2,16,19). The maximum Gasteiger partial charge on any atom is 0.319 e. The largest absolute Gasteiger partial charge is 0.372 e. The van der Waals surface area contributed by atoms with Crippen molar-refractivity contribution < 1.29 is 9.53 Å². The maximum absolute atomic E-state index is 11.8. The van der Waals surface area contributed by atoms with Crippen molar-refractivity contribution in [2.24, 2.45) is 5.73 Å². The van der Waals surface area contributed by atoms with Gasteiger partial charge in [0.05, 0.1) is 13.2 Å². The summed E-state index contributed by atoms with van der Waals surface area (Å²) in [5.41, 5.74) is 10.4. The van der Waals surface area contributed by atoms with E-state index in [1.165, 1.54) is 16.7 Å². The molecular weight excluding hydrogens is 254 g/mol. The summed E-state index contributed by atoms with van der Waals surface area (Å²) in [4.78, 5) is 13.5. The van der Waals surface area contributed by atoms with E-state index in [0.717, 1.165) is 38.2 Å². The summed E-state index contributed by atoms with van der Waals surface area (Å²) in [5, 5.41) is 3.40. The molecule has 1 saturated heterocycles. The van der Waals surface area contributed by atoms with Crippen molar-refractivity contribution >= 4 is 11.7 Å². The fourth-order valence-corrected chi connectivity index (χ4v) is 3.87. The highest BCUT2D eigenvalue weighted by Crippen LogP contribution is 2.47. The Hall–Kier alpha value is -1.59. The molecule has 3 heterocycles. The van der Waals surface area contributed by atoms with E-state index in [4.69, 9.17) is 10.5 Å². The van der Waals surface area contributed by atoms with Crippen LogP contribution in [0.4, 0.5) is 10.5 Å². The lowest BCUT2D eigenvalue weighted by atomic mass is 9.74. The minimum absolute atomic E-state index is 0.0766. The molecule has 3 N–H and O–H groups in total. The minimum atomic E-state index is -0.347. The van der Waals surface area contributed by atoms with Gasteiger partial charge in [-0.25, -0.2) is 4.79 Å². The zero-order chi connectivity index (χ0) is 13.7. The van der Waals surface area contributed by atoms with Gasteiger partial charge in [-0.3, -0.25) is 4.90 Å². The Morgan fingerprint density at radius 3 is 2.65 bits per heavy atom. The molecule has 5 nitrogen and oxygen atoms in total. The number of anilines is 1. The van der Waals surface area contributed by atoms with Crippen molar-refractivity contribution in [1.82, 2.24) is 5.32 Å². The molecule has 106 valence electrons. The number of fused-ring (bicyclic) bond motifs is 3. The lowest BCUT2D eigenvalue weighted by Gasteiger charge is -2.34. The van der Waals surface area contributed by atoms with Crippen LogP contribution in [0.5, 0.6) is 0 Å². The Balaban J connectivity index is 1.86. The van der Waals surface area contributed by atoms with Gasteiger partial charge in [0.2, 0.25) is 0 Å². The van der Waals surface area contributed by atoms with Gasteiger partial charge in [-0.1, -0.05) is 6.07 Å². The van der Waals surface area contributed by atoms with Crippen LogP contribution in [-0.4, -0.2) is 25.7 Å². The number of urea groups is 1. The van der Waals surface area contributed by atoms with Crippen molar-refractivity contribution in [3.05, 3.63) is 28.8 Å². The first-order chi connectivity index (χ1) is 9.70. The molecular formula is C15H19N3O2. The van der Waals surface area contributed by atoms with E-state index in [1.807, 2.05) is 0 Å². The molecule has 0 radical (unpaired) electrons. The van der Waals surface area contributed by atoms with E-state index >= 15 is 0 Å². The Morgan fingerprint density at radius 1 is 1.25 bits per heavy atom. The number of hydrogen-bond acceptors (Lipinski definition) is 3. The van der Waals surface area contributed by atoms with E-state index < -0.39 is 0 Å². The Morgan fingerprint density at radius 2 is 1.95 bits per heavy atom. The minimum Gasteiger partial charge on any atom is -0.372 e. The highest BCUT2D eigenvalue weighted by Gasteiger charge is 2.45. The van der Waals surface area contributed by atoms with Gasteiger partial charge in [-0.15, -0.1) is 0 Å². The Kier molecular flexibility index (Phi) is 2.56. The molecule has 0 saturated carbocycles. The number of hydrogen-bond donors (Lipinski definition) is 2. The number of primary amides is 1. The highest BCUT2D eigenvalue weighted by molar-refractivity contribution is 5.94. The molecule has 0 unspecified atom stereocenters. The maximum atomic E-state index is 11.8. The molecule has 1 aromatic carbocycles. The highest BCUT2D eigenvalue weighted by atomic mass is 16.5. The number of benzene rings is 1. The van der Waals surface area contributed by atoms with Crippen LogP contribution in [0.3, 0.4) is 0 Å². The normalized spacial score (nSPS) is 22.9. The van der Waals surface area contributed by atoms with Crippen LogP contribution in [0.2, 0.25) is 0 Å². The number of nitrogens with one attached hydrogen (secondary N) is 1. The van der Waals surface area contributed by atoms with Crippen LogP contribution < -0.4 is 16.0 Å². The van der Waals surface area contributed by atoms with E-state index in [9.17, 15) is 4.79 Å². The zero-order valence-electron chi connectivity index (χ0n) is 11.4. The summed E-state index contributed by atoms with van der Waals surface area (Å²) in [7, 11) is 0. The summed E-state index contributed by atoms with van der Waals surface area (Å²) in [6.07, 6.45) is 2.12. The molecule has 4 rings (SSSR count). The monoisotopic (exact) mass is 273 g/mol. The van der Waals surface area contributed by atoms with E-state index in [-0.39, 0.29) is 11.4 Å². The number of nitrogens with two attached hydrogens (primary N) is 1. The predicted octanol–water partition coefficient (Wildman–Crippen LogP) is 1.24. The molecule has 0 atom stereocenters. The molecule has 1 spiro atoms. The number of carbonyl (C=O) groups excluding carboxylic acids is 1. The van der Waals surface area contributed by atoms with Crippen molar-refractivity contribution in [2.45, 2.75) is 31.5 Å². The second-order valence-electron chi connectivity index (χ2n) is 6.09. The summed E-state index contributed by atoms with van der Waals surface area (Å²) >= 11 is 0. The number of amides is 2. The van der Waals surface area contributed by atoms with E-state index in [0.29, 0.717) is 13.2 Å². The van der Waals surface area contributed by atoms with Gasteiger partial charge in [0.25, 0.3) is 0 Å². The van der Waals surface area contributed by atoms with Gasteiger partial charge < -0.3 is 15.8 Å². The molecule has 1 aromatic rings. The molecule has 3 aliphatic rings. The molecule has 1 fully saturated rings. The smallest absolute Gasteiger partial charge is 0.319 e. The quantitative estimate of drug-likeness (QED) is 0.747. The number of ether oxygens (including phenoxy) is 1. The number of carbonyl (C=O) groups is 1. The van der Waals surface area contributed by atoms with Gasteiger partial charge in [0.15, 0.2) is 0 Å². The van der Waals surface area contributed by atoms with Crippen LogP contribution in [0.25, 0.3) is 0 Å². The van der Waals surface area contributed by atoms with Crippen LogP contribution in [0.1, 0.15) is 29.5 Å². The molecule has 20 heavy (non-hydrogen) atoms. The lowest BCUT2D eigenvalue weighted by Crippen LogP contribution is -2.45. The second-order valence-corrected chi connectivity index (χ2v) is 6.09. The number of piperidine rings is 1. The third-order valence-electron chi connectivity index (χ3n) is 4.98. The zero-order valence-corrected chi connectivity index (χ0v) is 11.4. The van der Waals surface area contributed by atoms with Crippen LogP contribution in [0.15, 0.2) is 12.1 Å². The van der Waals surface area contributed by atoms with E-state index in [2.05, 4.69) is 17.4 Å². The summed E-state index contributed by atoms with van der Waals surface area (Å²) in [6.45, 7) is 4.06. The SMILES string of the molecule is NC(=O)N1CC2(CCNCC2)c2cc3c(cc21)COC3. The van der Waals surface area contributed by atoms with Crippen molar-refractivity contribution in [3.8, 4) is 0 Å². The van der Waals surface area contributed by atoms with Gasteiger partial charge in [0, 0.05) is 17.6 Å². The Bertz CT molecular complexity index is 579. The van der Waals surface area contributed by atoms with Gasteiger partial charge in [-0.2, -0.15) is 0 Å². The average Bonchev–Trinajstić information content (AvgIpc) is 3.01. The fourth-order valence-electron chi connectivity index (χ4n) is 3.87. The number of nitrogens with zero attached hydrogens (tertiary/aromatic N) is 1. The van der Waals surface area contributed by atoms with Crippen LogP contribution in [0, 0.1) is 0 Å². The summed E-state index contributed by atoms with van der Waals surface area (Å²) in [6, 6.07) is 4.02. The molecule has 2 amide bonds. The molecule has 0 aromatic heterocycles. The topological polar surface area (TPSA) is 67.6 Å². The average molecular weight is 273 g/mol. The third-order valence-corrected chi connectivity index (χ3v) is 4.98. The molecule has 0 bridgehead atoms. The lowest BCUT2D eigenvalue weighted by molar-refractivity contribution is 0.134. The predicted molar refractivity (Wildman–Crippen MR) is 75.6 cm³/mol. The Labute approximate surface area is 118 Å². The van der Waals surface area contributed by atoms with Crippen LogP contribution >= 0.6 is 0 Å². The van der Waals surface area contributed by atoms with Crippen LogP contribution in [-0.2, 0) is 23.4 Å². The molecule has 0 aliphatic carbocycles. The summed E-state index contributed by atoms with van der Waals surface area (Å²) < 4.78 is 5.52. The third kappa shape index (κ3) is 1.60. The fraction of sp³-hybridized carbons (Fsp3) is 0.533. The van der Waals surface area contributed by atoms with Gasteiger partial charge >= 0.3 is 6.03 Å².